The summed E-state index contributed by atoms with van der Waals surface area (Å²) in [6.45, 7) is 11.5. The number of aromatic nitrogens is 3. The van der Waals surface area contributed by atoms with Crippen molar-refractivity contribution < 1.29 is 18.3 Å². The molecule has 3 aromatic heterocycles. The van der Waals surface area contributed by atoms with Crippen LogP contribution in [0.3, 0.4) is 0 Å². The van der Waals surface area contributed by atoms with Crippen LogP contribution in [0.15, 0.2) is 24.3 Å². The molecule has 2 aliphatic rings. The smallest absolute Gasteiger partial charge is 0.377 e. The van der Waals surface area contributed by atoms with Gasteiger partial charge in [0, 0.05) is 86.8 Å². The molecule has 2 saturated heterocycles. The van der Waals surface area contributed by atoms with Gasteiger partial charge in [0.15, 0.2) is 0 Å². The monoisotopic (exact) mass is 684 g/mol. The highest BCUT2D eigenvalue weighted by Gasteiger charge is 2.30. The molecule has 2 atom stereocenters. The van der Waals surface area contributed by atoms with Crippen LogP contribution >= 0.6 is 11.3 Å². The Hall–Kier alpha value is -3.52. The van der Waals surface area contributed by atoms with Gasteiger partial charge < -0.3 is 26.5 Å². The molecule has 2 aliphatic heterocycles. The molecule has 0 spiro atoms. The number of benzene rings is 1. The number of alkyl halides is 3. The molecule has 1 unspecified atom stereocenters. The third-order valence-corrected chi connectivity index (χ3v) is 10.7. The van der Waals surface area contributed by atoms with Gasteiger partial charge in [-0.1, -0.05) is 6.07 Å². The lowest BCUT2D eigenvalue weighted by Gasteiger charge is -2.38. The minimum Gasteiger partial charge on any atom is -0.377 e. The van der Waals surface area contributed by atoms with E-state index >= 15 is 0 Å². The zero-order valence-electron chi connectivity index (χ0n) is 27.3. The molecule has 5 heterocycles. The number of β-amino-alcohol motifs (C(OH)–C–C–N with tert-alkyl or cyclic N) is 1. The van der Waals surface area contributed by atoms with Crippen molar-refractivity contribution in [1.82, 2.24) is 29.2 Å². The number of likely N-dealkylation sites (tertiary alicyclic amines) is 1. The van der Waals surface area contributed by atoms with E-state index in [9.17, 15) is 23.5 Å². The number of aryl methyl sites for hydroxylation is 1. The lowest BCUT2D eigenvalue weighted by molar-refractivity contribution is -0.126. The second-order valence-corrected chi connectivity index (χ2v) is 14.3. The Kier molecular flexibility index (Phi) is 10.1. The predicted molar refractivity (Wildman–Crippen MR) is 183 cm³/mol. The number of nitrogens with one attached hydrogen (secondary N) is 1. The Labute approximate surface area is 281 Å². The molecule has 6 rings (SSSR count). The Morgan fingerprint density at radius 3 is 2.46 bits per heavy atom. The van der Waals surface area contributed by atoms with Gasteiger partial charge in [0.2, 0.25) is 5.95 Å². The molecule has 48 heavy (non-hydrogen) atoms. The first-order valence-corrected chi connectivity index (χ1v) is 17.2. The molecule has 11 nitrogen and oxygen atoms in total. The Morgan fingerprint density at radius 2 is 1.79 bits per heavy atom. The molecular weight excluding hydrogens is 641 g/mol. The van der Waals surface area contributed by atoms with E-state index < -0.39 is 18.8 Å². The maximum atomic E-state index is 13.0. The molecule has 0 amide bonds. The van der Waals surface area contributed by atoms with Crippen molar-refractivity contribution in [3.05, 3.63) is 46.0 Å². The highest BCUT2D eigenvalue weighted by molar-refractivity contribution is 7.18. The van der Waals surface area contributed by atoms with Crippen molar-refractivity contribution in [2.45, 2.75) is 70.7 Å². The summed E-state index contributed by atoms with van der Waals surface area (Å²) in [5.41, 5.74) is 15.6. The Bertz CT molecular complexity index is 1780. The average molecular weight is 685 g/mol. The van der Waals surface area contributed by atoms with E-state index in [4.69, 9.17) is 11.5 Å². The summed E-state index contributed by atoms with van der Waals surface area (Å²) in [4.78, 5) is 16.2. The van der Waals surface area contributed by atoms with E-state index in [1.54, 1.807) is 0 Å². The number of rotatable bonds is 10. The lowest BCUT2D eigenvalue weighted by atomic mass is 10.0. The molecule has 2 fully saturated rings. The molecule has 0 bridgehead atoms. The molecule has 0 aliphatic carbocycles. The van der Waals surface area contributed by atoms with Crippen molar-refractivity contribution in [1.29, 1.82) is 5.26 Å². The summed E-state index contributed by atoms with van der Waals surface area (Å²) in [6, 6.07) is 10.6. The van der Waals surface area contributed by atoms with Gasteiger partial charge in [0.1, 0.15) is 28.6 Å². The molecular formula is C33H43F3N10OS. The standard InChI is InChI=1S/C33H43F3N10OS/c1-20(45-11-9-44(10-12-45)19-29(38)47)17-46-24(16-37)13-26-21(2)22(3-4-28(26)46)18-43-7-5-23(6-8-43)40-30-27-14-25(15-33(34,35)36)48-31(27)42-32(39)41-30/h3-4,13-14,20,23,29,47H,5-12,15,17-19,38H2,1-2H3,(H3,39,40,41,42)/t20-,29?/m0/s1. The molecule has 15 heteroatoms. The van der Waals surface area contributed by atoms with Crippen LogP contribution in [0.4, 0.5) is 24.9 Å². The fourth-order valence-corrected chi connectivity index (χ4v) is 8.13. The van der Waals surface area contributed by atoms with E-state index in [0.29, 0.717) is 34.8 Å². The topological polar surface area (TPSA) is 149 Å². The van der Waals surface area contributed by atoms with Gasteiger partial charge in [-0.05, 0) is 56.0 Å². The number of aliphatic hydroxyl groups excluding tert-OH is 1. The number of hydrogen-bond donors (Lipinski definition) is 4. The number of piperazine rings is 1. The van der Waals surface area contributed by atoms with Crippen molar-refractivity contribution in [3.8, 4) is 6.07 Å². The zero-order valence-corrected chi connectivity index (χ0v) is 28.1. The summed E-state index contributed by atoms with van der Waals surface area (Å²) in [6.07, 6.45) is -4.42. The highest BCUT2D eigenvalue weighted by Crippen LogP contribution is 2.34. The molecule has 4 aromatic rings. The number of thiophene rings is 1. The fourth-order valence-electron chi connectivity index (χ4n) is 7.07. The number of nitrogens with zero attached hydrogens (tertiary/aromatic N) is 7. The van der Waals surface area contributed by atoms with Gasteiger partial charge >= 0.3 is 6.18 Å². The van der Waals surface area contributed by atoms with E-state index in [0.717, 1.165) is 80.9 Å². The first-order chi connectivity index (χ1) is 22.9. The summed E-state index contributed by atoms with van der Waals surface area (Å²) < 4.78 is 41.1. The largest absolute Gasteiger partial charge is 0.393 e. The van der Waals surface area contributed by atoms with Crippen LogP contribution in [0.2, 0.25) is 0 Å². The van der Waals surface area contributed by atoms with Crippen LogP contribution in [-0.4, -0.2) is 105 Å². The van der Waals surface area contributed by atoms with E-state index in [2.05, 4.69) is 66.6 Å². The molecule has 0 radical (unpaired) electrons. The van der Waals surface area contributed by atoms with Crippen LogP contribution in [0.5, 0.6) is 0 Å². The van der Waals surface area contributed by atoms with E-state index in [1.807, 2.05) is 6.07 Å². The van der Waals surface area contributed by atoms with Crippen LogP contribution in [-0.2, 0) is 19.5 Å². The van der Waals surface area contributed by atoms with Crippen molar-refractivity contribution in [2.24, 2.45) is 5.73 Å². The number of anilines is 2. The van der Waals surface area contributed by atoms with E-state index in [-0.39, 0.29) is 22.9 Å². The first-order valence-electron chi connectivity index (χ1n) is 16.4. The molecule has 1 aromatic carbocycles. The summed E-state index contributed by atoms with van der Waals surface area (Å²) in [5, 5.41) is 24.7. The Balaban J connectivity index is 1.08. The number of hydrogen-bond acceptors (Lipinski definition) is 11. The van der Waals surface area contributed by atoms with E-state index in [1.165, 1.54) is 17.2 Å². The number of nitrogen functional groups attached to an aromatic ring is 1. The number of nitrogens with two attached hydrogens (primary N) is 2. The normalized spacial score (nSPS) is 18.8. The van der Waals surface area contributed by atoms with Gasteiger partial charge in [0.05, 0.1) is 11.8 Å². The fraction of sp³-hybridized carbons (Fsp3) is 0.545. The van der Waals surface area contributed by atoms with Crippen molar-refractivity contribution in [3.63, 3.8) is 0 Å². The maximum absolute atomic E-state index is 13.0. The number of nitriles is 1. The molecule has 258 valence electrons. The summed E-state index contributed by atoms with van der Waals surface area (Å²) in [7, 11) is 0. The number of fused-ring (bicyclic) bond motifs is 2. The first kappa shape index (κ1) is 34.3. The number of halogens is 3. The second-order valence-electron chi connectivity index (χ2n) is 13.1. The van der Waals surface area contributed by atoms with Gasteiger partial charge in [-0.2, -0.15) is 23.4 Å². The summed E-state index contributed by atoms with van der Waals surface area (Å²) in [5.74, 6) is 0.530. The van der Waals surface area contributed by atoms with Crippen molar-refractivity contribution in [2.75, 3.05) is 56.9 Å². The predicted octanol–water partition coefficient (Wildman–Crippen LogP) is 3.87. The quantitative estimate of drug-likeness (QED) is 0.182. The van der Waals surface area contributed by atoms with Gasteiger partial charge in [-0.25, -0.2) is 4.98 Å². The lowest BCUT2D eigenvalue weighted by Crippen LogP contribution is -2.52. The second kappa shape index (κ2) is 14.1. The third-order valence-electron chi connectivity index (χ3n) is 9.66. The molecule has 6 N–H and O–H groups in total. The van der Waals surface area contributed by atoms with Crippen LogP contribution < -0.4 is 16.8 Å². The van der Waals surface area contributed by atoms with Crippen LogP contribution in [0.25, 0.3) is 21.1 Å². The maximum Gasteiger partial charge on any atom is 0.393 e. The zero-order chi connectivity index (χ0) is 34.2. The van der Waals surface area contributed by atoms with Crippen molar-refractivity contribution >= 4 is 44.2 Å². The average Bonchev–Trinajstić information content (AvgIpc) is 3.59. The number of aliphatic hydroxyl groups is 1. The van der Waals surface area contributed by atoms with Crippen LogP contribution in [0.1, 0.15) is 41.5 Å². The highest BCUT2D eigenvalue weighted by atomic mass is 32.1. The third kappa shape index (κ3) is 7.85. The van der Waals surface area contributed by atoms with Gasteiger partial charge in [-0.15, -0.1) is 11.3 Å². The SMILES string of the molecule is Cc1c(CN2CCC(Nc3nc(N)nc4sc(CC(F)(F)F)cc34)CC2)ccc2c1cc(C#N)n2C[C@H](C)N1CCN(CC(N)O)CC1. The minimum absolute atomic E-state index is 0.0410. The molecule has 0 saturated carbocycles. The van der Waals surface area contributed by atoms with Crippen LogP contribution in [0, 0.1) is 18.3 Å². The van der Waals surface area contributed by atoms with Gasteiger partial charge in [0.25, 0.3) is 0 Å². The number of piperidine rings is 1. The van der Waals surface area contributed by atoms with Gasteiger partial charge in [-0.3, -0.25) is 14.7 Å². The Morgan fingerprint density at radius 1 is 1.06 bits per heavy atom. The minimum atomic E-state index is -4.29. The summed E-state index contributed by atoms with van der Waals surface area (Å²) >= 11 is 1.000.